The van der Waals surface area contributed by atoms with Gasteiger partial charge in [-0.3, -0.25) is 10.3 Å². The minimum atomic E-state index is -3.19. The van der Waals surface area contributed by atoms with Gasteiger partial charge in [0.15, 0.2) is 39.0 Å². The zero-order chi connectivity index (χ0) is 21.9. The highest BCUT2D eigenvalue weighted by Crippen LogP contribution is 2.59. The van der Waals surface area contributed by atoms with Crippen LogP contribution in [0.25, 0.3) is 0 Å². The molecule has 4 saturated carbocycles. The van der Waals surface area contributed by atoms with Crippen molar-refractivity contribution in [1.29, 1.82) is 10.7 Å². The molecule has 162 valence electrons. The summed E-state index contributed by atoms with van der Waals surface area (Å²) in [5.74, 6) is -0.0478. The van der Waals surface area contributed by atoms with Gasteiger partial charge in [0.05, 0.1) is 10.8 Å². The average molecular weight is 434 g/mol. The molecule has 0 aliphatic heterocycles. The van der Waals surface area contributed by atoms with Crippen LogP contribution < -0.4 is 4.74 Å². The molecule has 4 bridgehead atoms. The van der Waals surface area contributed by atoms with Gasteiger partial charge in [-0.25, -0.2) is 12.8 Å². The summed E-state index contributed by atoms with van der Waals surface area (Å²) in [6, 6.07) is 5.80. The molecule has 4 aliphatic rings. The second-order valence-electron chi connectivity index (χ2n) is 9.78. The van der Waals surface area contributed by atoms with Crippen molar-refractivity contribution in [2.24, 2.45) is 17.8 Å². The highest BCUT2D eigenvalue weighted by atomic mass is 32.2. The number of nitriles is 1. The molecule has 4 aliphatic carbocycles. The number of sulfone groups is 1. The van der Waals surface area contributed by atoms with Gasteiger partial charge in [-0.2, -0.15) is 5.26 Å². The quantitative estimate of drug-likeness (QED) is 0.330. The summed E-state index contributed by atoms with van der Waals surface area (Å²) in [5, 5.41) is 18.7. The molecule has 5 rings (SSSR count). The van der Waals surface area contributed by atoms with Crippen LogP contribution in [0.1, 0.15) is 46.0 Å². The van der Waals surface area contributed by atoms with E-state index in [-0.39, 0.29) is 29.5 Å². The summed E-state index contributed by atoms with van der Waals surface area (Å²) in [4.78, 5) is 1.41. The molecule has 8 heteroatoms. The summed E-state index contributed by atoms with van der Waals surface area (Å²) in [6.07, 6.45) is 7.10. The molecule has 2 atom stereocenters. The summed E-state index contributed by atoms with van der Waals surface area (Å²) in [7, 11) is -3.19. The summed E-state index contributed by atoms with van der Waals surface area (Å²) >= 11 is 0. The second kappa shape index (κ2) is 6.94. The molecule has 0 heterocycles. The fraction of sp³-hybridized carbons (Fsp3) is 0.636. The van der Waals surface area contributed by atoms with Crippen LogP contribution in [0.15, 0.2) is 24.3 Å². The number of amidine groups is 1. The molecule has 0 aromatic heterocycles. The Morgan fingerprint density at radius 3 is 2.40 bits per heavy atom. The Kier molecular flexibility index (Phi) is 4.89. The van der Waals surface area contributed by atoms with Gasteiger partial charge in [0.2, 0.25) is 0 Å². The van der Waals surface area contributed by atoms with Gasteiger partial charge in [0.25, 0.3) is 0 Å². The van der Waals surface area contributed by atoms with E-state index in [1.807, 2.05) is 0 Å². The van der Waals surface area contributed by atoms with E-state index < -0.39 is 26.0 Å². The molecular weight excluding hydrogens is 405 g/mol. The maximum atomic E-state index is 14.1. The Morgan fingerprint density at radius 2 is 1.87 bits per heavy atom. The fourth-order valence-corrected chi connectivity index (χ4v) is 7.78. The molecule has 1 N–H and O–H groups in total. The van der Waals surface area contributed by atoms with Gasteiger partial charge in [0.1, 0.15) is 0 Å². The zero-order valence-corrected chi connectivity index (χ0v) is 18.4. The maximum Gasteiger partial charge on any atom is 0.185 e. The van der Waals surface area contributed by atoms with Crippen molar-refractivity contribution in [3.8, 4) is 11.9 Å². The van der Waals surface area contributed by atoms with Crippen molar-refractivity contribution < 1.29 is 17.5 Å². The van der Waals surface area contributed by atoms with E-state index in [0.717, 1.165) is 19.3 Å². The first-order chi connectivity index (χ1) is 14.0. The molecule has 30 heavy (non-hydrogen) atoms. The molecule has 4 fully saturated rings. The smallest absolute Gasteiger partial charge is 0.185 e. The SMILES string of the molecule is CC(C)(Oc1ccccc1F)C(=N)N(C#N)C1C2CC3CC1CC(S(C)(=O)=O)(C3)C2. The topological polar surface area (TPSA) is 94.2 Å². The van der Waals surface area contributed by atoms with Crippen LogP contribution >= 0.6 is 0 Å². The third kappa shape index (κ3) is 3.27. The van der Waals surface area contributed by atoms with Crippen molar-refractivity contribution >= 4 is 15.7 Å². The summed E-state index contributed by atoms with van der Waals surface area (Å²) in [6.45, 7) is 3.31. The first kappa shape index (κ1) is 21.1. The van der Waals surface area contributed by atoms with Gasteiger partial charge in [-0.15, -0.1) is 0 Å². The molecule has 2 unspecified atom stereocenters. The van der Waals surface area contributed by atoms with Crippen LogP contribution in [-0.4, -0.2) is 41.8 Å². The average Bonchev–Trinajstić information content (AvgIpc) is 2.64. The molecule has 0 radical (unpaired) electrons. The third-order valence-electron chi connectivity index (χ3n) is 7.37. The fourth-order valence-electron chi connectivity index (χ4n) is 6.21. The monoisotopic (exact) mass is 433 g/mol. The van der Waals surface area contributed by atoms with E-state index in [0.29, 0.717) is 18.8 Å². The van der Waals surface area contributed by atoms with E-state index in [1.165, 1.54) is 23.3 Å². The Labute approximate surface area is 177 Å². The van der Waals surface area contributed by atoms with Gasteiger partial charge < -0.3 is 4.74 Å². The van der Waals surface area contributed by atoms with E-state index >= 15 is 0 Å². The van der Waals surface area contributed by atoms with Crippen LogP contribution in [0.5, 0.6) is 5.75 Å². The Bertz CT molecular complexity index is 1000. The van der Waals surface area contributed by atoms with Gasteiger partial charge >= 0.3 is 0 Å². The predicted molar refractivity (Wildman–Crippen MR) is 111 cm³/mol. The molecule has 0 saturated heterocycles. The number of para-hydroxylation sites is 1. The molecule has 1 aromatic carbocycles. The normalized spacial score (nSPS) is 32.5. The lowest BCUT2D eigenvalue weighted by Crippen LogP contribution is -2.65. The number of hydrogen-bond acceptors (Lipinski definition) is 5. The number of hydrogen-bond donors (Lipinski definition) is 1. The standard InChI is InChI=1S/C22H28FN3O3S/c1-21(2,29-18-7-5-4-6-17(18)23)20(25)26(13-24)19-15-8-14-9-16(19)12-22(10-14,11-15)30(3,27)28/h4-7,14-16,19,25H,8-12H2,1-3H3. The molecule has 0 spiro atoms. The van der Waals surface area contributed by atoms with E-state index in [1.54, 1.807) is 26.0 Å². The number of nitrogens with one attached hydrogen (secondary N) is 1. The molecular formula is C22H28FN3O3S. The number of ether oxygens (including phenoxy) is 1. The Hall–Kier alpha value is -2.14. The largest absolute Gasteiger partial charge is 0.477 e. The minimum absolute atomic E-state index is 0.0286. The Morgan fingerprint density at radius 1 is 1.27 bits per heavy atom. The van der Waals surface area contributed by atoms with Crippen molar-refractivity contribution in [1.82, 2.24) is 4.90 Å². The highest BCUT2D eigenvalue weighted by Gasteiger charge is 2.61. The molecule has 1 aromatic rings. The first-order valence-electron chi connectivity index (χ1n) is 10.4. The van der Waals surface area contributed by atoms with Gasteiger partial charge in [0, 0.05) is 6.26 Å². The van der Waals surface area contributed by atoms with Crippen molar-refractivity contribution in [3.63, 3.8) is 0 Å². The van der Waals surface area contributed by atoms with Crippen LogP contribution in [0.4, 0.5) is 4.39 Å². The number of benzene rings is 1. The van der Waals surface area contributed by atoms with Crippen LogP contribution in [0.3, 0.4) is 0 Å². The number of nitrogens with zero attached hydrogens (tertiary/aromatic N) is 2. The predicted octanol–water partition coefficient (Wildman–Crippen LogP) is 3.74. The maximum absolute atomic E-state index is 14.1. The molecule has 6 nitrogen and oxygen atoms in total. The van der Waals surface area contributed by atoms with Crippen molar-refractivity contribution in [2.45, 2.75) is 62.3 Å². The summed E-state index contributed by atoms with van der Waals surface area (Å²) < 4.78 is 44.4. The van der Waals surface area contributed by atoms with Crippen molar-refractivity contribution in [3.05, 3.63) is 30.1 Å². The van der Waals surface area contributed by atoms with E-state index in [2.05, 4.69) is 6.19 Å². The highest BCUT2D eigenvalue weighted by molar-refractivity contribution is 7.92. The lowest BCUT2D eigenvalue weighted by Gasteiger charge is -2.60. The minimum Gasteiger partial charge on any atom is -0.477 e. The lowest BCUT2D eigenvalue weighted by atomic mass is 9.53. The van der Waals surface area contributed by atoms with E-state index in [9.17, 15) is 18.1 Å². The van der Waals surface area contributed by atoms with Crippen LogP contribution in [-0.2, 0) is 9.84 Å². The molecule has 0 amide bonds. The van der Waals surface area contributed by atoms with Crippen LogP contribution in [0, 0.1) is 40.4 Å². The van der Waals surface area contributed by atoms with Gasteiger partial charge in [-0.05, 0) is 75.8 Å². The third-order valence-corrected chi connectivity index (χ3v) is 9.45. The van der Waals surface area contributed by atoms with Gasteiger partial charge in [-0.1, -0.05) is 12.1 Å². The van der Waals surface area contributed by atoms with Crippen molar-refractivity contribution in [2.75, 3.05) is 6.26 Å². The Balaban J connectivity index is 1.60. The first-order valence-corrected chi connectivity index (χ1v) is 12.3. The van der Waals surface area contributed by atoms with Crippen LogP contribution in [0.2, 0.25) is 0 Å². The number of rotatable bonds is 5. The lowest BCUT2D eigenvalue weighted by molar-refractivity contribution is -0.0243. The van der Waals surface area contributed by atoms with E-state index in [4.69, 9.17) is 10.1 Å². The summed E-state index contributed by atoms with van der Waals surface area (Å²) in [5.41, 5.74) is -1.22. The zero-order valence-electron chi connectivity index (χ0n) is 17.6. The number of halogens is 1. The second-order valence-corrected chi connectivity index (χ2v) is 12.2.